The zero-order chi connectivity index (χ0) is 37.0. The summed E-state index contributed by atoms with van der Waals surface area (Å²) in [5.41, 5.74) is 5.45. The Balaban J connectivity index is 0.000000853. The van der Waals surface area contributed by atoms with E-state index in [9.17, 15) is 0 Å². The van der Waals surface area contributed by atoms with Gasteiger partial charge in [-0.05, 0) is 99.1 Å². The lowest BCUT2D eigenvalue weighted by atomic mass is 10.1. The van der Waals surface area contributed by atoms with E-state index in [0.29, 0.717) is 6.61 Å². The van der Waals surface area contributed by atoms with E-state index in [1.165, 1.54) is 71.7 Å². The molecule has 0 saturated heterocycles. The van der Waals surface area contributed by atoms with Gasteiger partial charge in [0.15, 0.2) is 0 Å². The van der Waals surface area contributed by atoms with Crippen LogP contribution in [0.5, 0.6) is 0 Å². The van der Waals surface area contributed by atoms with Crippen LogP contribution in [0.15, 0.2) is 124 Å². The summed E-state index contributed by atoms with van der Waals surface area (Å²) in [6, 6.07) is 27.5. The lowest BCUT2D eigenvalue weighted by Gasteiger charge is -2.28. The molecular weight excluding hydrogens is 697 g/mol. The van der Waals surface area contributed by atoms with Crippen LogP contribution in [-0.4, -0.2) is 33.5 Å². The number of alkyl halides is 1. The van der Waals surface area contributed by atoms with Gasteiger partial charge in [0.2, 0.25) is 0 Å². The maximum absolute atomic E-state index is 8.06. The lowest BCUT2D eigenvalue weighted by molar-refractivity contribution is 0.0657. The molecule has 2 rings (SSSR count). The van der Waals surface area contributed by atoms with Gasteiger partial charge in [-0.25, -0.2) is 0 Å². The van der Waals surface area contributed by atoms with E-state index in [2.05, 4.69) is 154 Å². The number of halogens is 1. The van der Waals surface area contributed by atoms with Gasteiger partial charge in [-0.3, -0.25) is 0 Å². The monoisotopic (exact) mass is 764 g/mol. The molecule has 0 unspecified atom stereocenters. The molecule has 49 heavy (non-hydrogen) atoms. The first-order valence-electron chi connectivity index (χ1n) is 18.1. The van der Waals surface area contributed by atoms with E-state index in [-0.39, 0.29) is 12.2 Å². The molecule has 5 heteroatoms. The molecule has 0 atom stereocenters. The summed E-state index contributed by atoms with van der Waals surface area (Å²) in [6.07, 6.45) is 17.5. The molecule has 0 spiro atoms. The molecule has 0 bridgehead atoms. The van der Waals surface area contributed by atoms with Crippen molar-refractivity contribution in [2.45, 2.75) is 126 Å². The fourth-order valence-electron chi connectivity index (χ4n) is 6.14. The van der Waals surface area contributed by atoms with Crippen molar-refractivity contribution in [1.82, 2.24) is 0 Å². The highest BCUT2D eigenvalue weighted by molar-refractivity contribution is 9.08. The largest absolute Gasteiger partial charge is 0.394 e. The SMILES string of the molecule is C=CC[Si](CC=C)(CC=C)CCCc1ccc(CBr)cc1.C=CC[Si](CC=C)(CC=C)CCCc1ccc(COC(C)C)cc1.CC(C)O. The third-order valence-corrected chi connectivity index (χ3v) is 19.0. The maximum atomic E-state index is 8.06. The van der Waals surface area contributed by atoms with Crippen molar-refractivity contribution in [1.29, 1.82) is 0 Å². The summed E-state index contributed by atoms with van der Waals surface area (Å²) in [5.74, 6) is 0. The molecule has 0 aromatic heterocycles. The molecule has 2 aromatic rings. The third-order valence-electron chi connectivity index (χ3n) is 8.59. The number of allylic oxidation sites excluding steroid dienone is 6. The summed E-state index contributed by atoms with van der Waals surface area (Å²) in [5, 5.41) is 8.99. The van der Waals surface area contributed by atoms with Crippen LogP contribution in [0.3, 0.4) is 0 Å². The fraction of sp³-hybridized carbons (Fsp3) is 0.455. The minimum atomic E-state index is -1.36. The highest BCUT2D eigenvalue weighted by Crippen LogP contribution is 2.30. The Bertz CT molecular complexity index is 1130. The zero-order valence-electron chi connectivity index (χ0n) is 31.6. The van der Waals surface area contributed by atoms with Gasteiger partial charge < -0.3 is 9.84 Å². The van der Waals surface area contributed by atoms with Crippen LogP contribution in [0, 0.1) is 0 Å². The number of aliphatic hydroxyl groups excluding tert-OH is 1. The first-order chi connectivity index (χ1) is 23.5. The van der Waals surface area contributed by atoms with Crippen molar-refractivity contribution < 1.29 is 9.84 Å². The number of rotatable bonds is 24. The van der Waals surface area contributed by atoms with Gasteiger partial charge in [-0.15, -0.1) is 39.5 Å². The van der Waals surface area contributed by atoms with Crippen LogP contribution in [0.4, 0.5) is 0 Å². The molecule has 272 valence electrons. The molecule has 0 aliphatic rings. The van der Waals surface area contributed by atoms with Crippen LogP contribution in [-0.2, 0) is 29.5 Å². The van der Waals surface area contributed by atoms with Gasteiger partial charge in [0.05, 0.1) is 28.9 Å². The Labute approximate surface area is 313 Å². The quantitative estimate of drug-likeness (QED) is 0.0655. The van der Waals surface area contributed by atoms with Gasteiger partial charge >= 0.3 is 0 Å². The maximum Gasteiger partial charge on any atom is 0.0720 e. The number of aryl methyl sites for hydroxylation is 2. The Kier molecular flexibility index (Phi) is 27.1. The molecule has 0 amide bonds. The Morgan fingerprint density at radius 1 is 0.571 bits per heavy atom. The topological polar surface area (TPSA) is 29.5 Å². The molecule has 0 saturated carbocycles. The summed E-state index contributed by atoms with van der Waals surface area (Å²) >= 11 is 3.49. The minimum Gasteiger partial charge on any atom is -0.394 e. The Hall–Kier alpha value is -2.29. The van der Waals surface area contributed by atoms with Gasteiger partial charge in [-0.1, -0.05) is 126 Å². The van der Waals surface area contributed by atoms with Crippen molar-refractivity contribution in [3.8, 4) is 0 Å². The number of hydrogen-bond donors (Lipinski definition) is 1. The molecule has 2 nitrogen and oxygen atoms in total. The average Bonchev–Trinajstić information content (AvgIpc) is 3.05. The number of hydrogen-bond acceptors (Lipinski definition) is 2. The van der Waals surface area contributed by atoms with Crippen molar-refractivity contribution >= 4 is 32.1 Å². The lowest BCUT2D eigenvalue weighted by Crippen LogP contribution is -2.32. The van der Waals surface area contributed by atoms with Gasteiger partial charge in [0.25, 0.3) is 0 Å². The molecule has 0 aliphatic heterocycles. The zero-order valence-corrected chi connectivity index (χ0v) is 35.2. The molecule has 0 fully saturated rings. The van der Waals surface area contributed by atoms with E-state index in [1.807, 2.05) is 0 Å². The van der Waals surface area contributed by atoms with Crippen LogP contribution < -0.4 is 0 Å². The fourth-order valence-corrected chi connectivity index (χ4v) is 14.3. The molecule has 1 N–H and O–H groups in total. The van der Waals surface area contributed by atoms with Gasteiger partial charge in [-0.2, -0.15) is 0 Å². The summed E-state index contributed by atoms with van der Waals surface area (Å²) in [6.45, 7) is 32.1. The van der Waals surface area contributed by atoms with E-state index in [1.54, 1.807) is 13.8 Å². The van der Waals surface area contributed by atoms with E-state index in [0.717, 1.165) is 29.9 Å². The second-order valence-corrected chi connectivity index (χ2v) is 23.9. The standard InChI is InChI=1S/C22H34OSi.C19H27BrSi.C3H8O/c1-6-15-24(16-7-2,17-8-3)18-9-10-21-11-13-22(14-12-21)19-23-20(4)5;1-4-13-21(14-5-2,15-6-3)16-7-8-18-9-11-19(17-20)12-10-18;1-3(2)4/h6-8,11-14,20H,1-3,9-10,15-19H2,4-5H3;4-6,9-12H,1-3,7-8,13-17H2;3-4H,1-2H3. The van der Waals surface area contributed by atoms with Crippen molar-refractivity contribution in [2.75, 3.05) is 0 Å². The Morgan fingerprint density at radius 3 is 1.12 bits per heavy atom. The molecule has 2 aromatic carbocycles. The predicted octanol–water partition coefficient (Wildman–Crippen LogP) is 13.5. The van der Waals surface area contributed by atoms with Crippen LogP contribution in [0.2, 0.25) is 48.4 Å². The highest BCUT2D eigenvalue weighted by atomic mass is 79.9. The van der Waals surface area contributed by atoms with E-state index < -0.39 is 16.1 Å². The van der Waals surface area contributed by atoms with E-state index >= 15 is 0 Å². The number of benzene rings is 2. The van der Waals surface area contributed by atoms with E-state index in [4.69, 9.17) is 9.84 Å². The smallest absolute Gasteiger partial charge is 0.0720 e. The third kappa shape index (κ3) is 22.2. The first kappa shape index (κ1) is 46.7. The van der Waals surface area contributed by atoms with Gasteiger partial charge in [0, 0.05) is 11.4 Å². The summed E-state index contributed by atoms with van der Waals surface area (Å²) < 4.78 is 5.65. The number of ether oxygens (including phenoxy) is 1. The normalized spacial score (nSPS) is 11.1. The minimum absolute atomic E-state index is 0.167. The van der Waals surface area contributed by atoms with Gasteiger partial charge in [0.1, 0.15) is 0 Å². The predicted molar refractivity (Wildman–Crippen MR) is 231 cm³/mol. The van der Waals surface area contributed by atoms with Crippen LogP contribution >= 0.6 is 15.9 Å². The van der Waals surface area contributed by atoms with Crippen molar-refractivity contribution in [2.24, 2.45) is 0 Å². The number of aliphatic hydroxyl groups is 1. The van der Waals surface area contributed by atoms with Crippen LogP contribution in [0.1, 0.15) is 62.8 Å². The summed E-state index contributed by atoms with van der Waals surface area (Å²) in [4.78, 5) is 0. The first-order valence-corrected chi connectivity index (χ1v) is 24.9. The second kappa shape index (κ2) is 28.4. The molecule has 0 aliphatic carbocycles. The Morgan fingerprint density at radius 2 is 0.857 bits per heavy atom. The molecular formula is C44H69BrO2Si2. The molecule has 0 radical (unpaired) electrons. The molecule has 0 heterocycles. The van der Waals surface area contributed by atoms with Crippen LogP contribution in [0.25, 0.3) is 0 Å². The highest BCUT2D eigenvalue weighted by Gasteiger charge is 2.29. The van der Waals surface area contributed by atoms with Crippen molar-refractivity contribution in [3.63, 3.8) is 0 Å². The second-order valence-electron chi connectivity index (χ2n) is 13.9. The van der Waals surface area contributed by atoms with Crippen molar-refractivity contribution in [3.05, 3.63) is 147 Å². The average molecular weight is 766 g/mol. The summed E-state index contributed by atoms with van der Waals surface area (Å²) in [7, 11) is -2.69.